The summed E-state index contributed by atoms with van der Waals surface area (Å²) in [7, 11) is 0. The maximum Gasteiger partial charge on any atom is 0.345 e. The van der Waals surface area contributed by atoms with Gasteiger partial charge in [0.25, 0.3) is 0 Å². The van der Waals surface area contributed by atoms with Crippen LogP contribution in [0.1, 0.15) is 12.8 Å². The van der Waals surface area contributed by atoms with Crippen LogP contribution >= 0.6 is 12.4 Å². The van der Waals surface area contributed by atoms with Crippen LogP contribution in [-0.4, -0.2) is 25.8 Å². The molecule has 0 radical (unpaired) electrons. The molecule has 0 amide bonds. The average Bonchev–Trinajstić information content (AvgIpc) is 1.88. The molecule has 1 atom stereocenters. The third kappa shape index (κ3) is 4.50. The van der Waals surface area contributed by atoms with Crippen LogP contribution in [-0.2, 0) is 4.74 Å². The summed E-state index contributed by atoms with van der Waals surface area (Å²) in [6, 6.07) is 0. The van der Waals surface area contributed by atoms with Crippen LogP contribution < -0.4 is 5.32 Å². The molecule has 0 bridgehead atoms. The van der Waals surface area contributed by atoms with E-state index in [0.717, 1.165) is 19.4 Å². The summed E-state index contributed by atoms with van der Waals surface area (Å²) in [4.78, 5) is 0. The van der Waals surface area contributed by atoms with E-state index in [-0.39, 0.29) is 18.5 Å². The Balaban J connectivity index is 0.000001000. The molecule has 68 valence electrons. The normalized spacial score (nSPS) is 24.8. The molecule has 1 aliphatic rings. The van der Waals surface area contributed by atoms with Crippen LogP contribution in [0, 0.1) is 0 Å². The molecule has 1 N–H and O–H groups in total. The second-order valence-corrected chi connectivity index (χ2v) is 2.37. The molecule has 1 unspecified atom stereocenters. The Labute approximate surface area is 70.7 Å². The van der Waals surface area contributed by atoms with Gasteiger partial charge in [-0.05, 0) is 19.4 Å². The van der Waals surface area contributed by atoms with Gasteiger partial charge in [0.15, 0.2) is 0 Å². The first-order valence-corrected chi connectivity index (χ1v) is 3.43. The van der Waals surface area contributed by atoms with Gasteiger partial charge in [0.1, 0.15) is 0 Å². The van der Waals surface area contributed by atoms with Crippen LogP contribution in [0.4, 0.5) is 8.78 Å². The number of hydrogen-bond donors (Lipinski definition) is 1. The molecule has 0 aliphatic carbocycles. The summed E-state index contributed by atoms with van der Waals surface area (Å²) in [5, 5.41) is 2.98. The lowest BCUT2D eigenvalue weighted by molar-refractivity contribution is -0.165. The van der Waals surface area contributed by atoms with Crippen molar-refractivity contribution >= 4 is 12.4 Å². The molecule has 1 heterocycles. The van der Waals surface area contributed by atoms with E-state index in [2.05, 4.69) is 10.1 Å². The van der Waals surface area contributed by atoms with Gasteiger partial charge in [-0.25, -0.2) is 0 Å². The minimum Gasteiger partial charge on any atom is -0.318 e. The summed E-state index contributed by atoms with van der Waals surface area (Å²) in [6.45, 7) is -1.14. The molecule has 0 aromatic rings. The van der Waals surface area contributed by atoms with Crippen molar-refractivity contribution in [2.24, 2.45) is 0 Å². The van der Waals surface area contributed by atoms with Crippen molar-refractivity contribution < 1.29 is 13.5 Å². The highest BCUT2D eigenvalue weighted by Gasteiger charge is 2.16. The molecular formula is C6H12ClF2NO. The van der Waals surface area contributed by atoms with Crippen LogP contribution in [0.15, 0.2) is 0 Å². The SMILES string of the molecule is Cl.FC(F)OC1CCCNC1. The monoisotopic (exact) mass is 187 g/mol. The lowest BCUT2D eigenvalue weighted by atomic mass is 10.1. The van der Waals surface area contributed by atoms with Crippen molar-refractivity contribution in [2.75, 3.05) is 13.1 Å². The fraction of sp³-hybridized carbons (Fsp3) is 1.00. The molecule has 0 aromatic heterocycles. The van der Waals surface area contributed by atoms with Crippen molar-refractivity contribution in [1.29, 1.82) is 0 Å². The third-order valence-electron chi connectivity index (χ3n) is 1.55. The summed E-state index contributed by atoms with van der Waals surface area (Å²) in [5.41, 5.74) is 0. The van der Waals surface area contributed by atoms with E-state index in [4.69, 9.17) is 0 Å². The van der Waals surface area contributed by atoms with E-state index in [9.17, 15) is 8.78 Å². The fourth-order valence-corrected chi connectivity index (χ4v) is 1.08. The van der Waals surface area contributed by atoms with Gasteiger partial charge in [-0.1, -0.05) is 0 Å². The van der Waals surface area contributed by atoms with Crippen molar-refractivity contribution in [2.45, 2.75) is 25.6 Å². The zero-order chi connectivity index (χ0) is 7.40. The number of rotatable bonds is 2. The van der Waals surface area contributed by atoms with E-state index in [1.54, 1.807) is 0 Å². The van der Waals surface area contributed by atoms with E-state index in [1.165, 1.54) is 0 Å². The number of hydrogen-bond acceptors (Lipinski definition) is 2. The third-order valence-corrected chi connectivity index (χ3v) is 1.55. The standard InChI is InChI=1S/C6H11F2NO.ClH/c7-6(8)10-5-2-1-3-9-4-5;/h5-6,9H,1-4H2;1H. The molecule has 0 aromatic carbocycles. The van der Waals surface area contributed by atoms with Gasteiger partial charge >= 0.3 is 6.61 Å². The minimum atomic E-state index is -2.62. The number of ether oxygens (including phenoxy) is 1. The highest BCUT2D eigenvalue weighted by molar-refractivity contribution is 5.85. The Bertz CT molecular complexity index is 98.6. The molecule has 11 heavy (non-hydrogen) atoms. The molecule has 0 saturated carbocycles. The van der Waals surface area contributed by atoms with Crippen LogP contribution in [0.25, 0.3) is 0 Å². The highest BCUT2D eigenvalue weighted by Crippen LogP contribution is 2.09. The quantitative estimate of drug-likeness (QED) is 0.706. The first-order chi connectivity index (χ1) is 4.79. The molecular weight excluding hydrogens is 176 g/mol. The van der Waals surface area contributed by atoms with Gasteiger partial charge in [0.2, 0.25) is 0 Å². The first kappa shape index (κ1) is 11.1. The Morgan fingerprint density at radius 2 is 2.18 bits per heavy atom. The zero-order valence-corrected chi connectivity index (χ0v) is 6.87. The maximum atomic E-state index is 11.6. The summed E-state index contributed by atoms with van der Waals surface area (Å²) in [5.74, 6) is 0. The van der Waals surface area contributed by atoms with Crippen molar-refractivity contribution in [3.63, 3.8) is 0 Å². The Kier molecular flexibility index (Phi) is 5.72. The highest BCUT2D eigenvalue weighted by atomic mass is 35.5. The lowest BCUT2D eigenvalue weighted by Gasteiger charge is -2.22. The van der Waals surface area contributed by atoms with Gasteiger partial charge in [0, 0.05) is 6.54 Å². The minimum absolute atomic E-state index is 0. The van der Waals surface area contributed by atoms with Crippen LogP contribution in [0.5, 0.6) is 0 Å². The van der Waals surface area contributed by atoms with Gasteiger partial charge in [-0.3, -0.25) is 0 Å². The van der Waals surface area contributed by atoms with Crippen LogP contribution in [0.3, 0.4) is 0 Å². The Morgan fingerprint density at radius 1 is 1.45 bits per heavy atom. The molecule has 1 saturated heterocycles. The number of nitrogens with one attached hydrogen (secondary N) is 1. The topological polar surface area (TPSA) is 21.3 Å². The molecule has 1 aliphatic heterocycles. The predicted molar refractivity (Wildman–Crippen MR) is 40.2 cm³/mol. The maximum absolute atomic E-state index is 11.6. The van der Waals surface area contributed by atoms with E-state index >= 15 is 0 Å². The number of halogens is 3. The van der Waals surface area contributed by atoms with Gasteiger partial charge in [0.05, 0.1) is 6.10 Å². The van der Waals surface area contributed by atoms with Crippen molar-refractivity contribution in [1.82, 2.24) is 5.32 Å². The molecule has 5 heteroatoms. The van der Waals surface area contributed by atoms with Gasteiger partial charge < -0.3 is 10.1 Å². The fourth-order valence-electron chi connectivity index (χ4n) is 1.08. The van der Waals surface area contributed by atoms with E-state index in [1.807, 2.05) is 0 Å². The number of alkyl halides is 2. The van der Waals surface area contributed by atoms with Crippen molar-refractivity contribution in [3.8, 4) is 0 Å². The van der Waals surface area contributed by atoms with Crippen molar-refractivity contribution in [3.05, 3.63) is 0 Å². The first-order valence-electron chi connectivity index (χ1n) is 3.43. The molecule has 2 nitrogen and oxygen atoms in total. The summed E-state index contributed by atoms with van der Waals surface area (Å²) >= 11 is 0. The van der Waals surface area contributed by atoms with E-state index < -0.39 is 6.61 Å². The summed E-state index contributed by atoms with van der Waals surface area (Å²) < 4.78 is 27.4. The van der Waals surface area contributed by atoms with E-state index in [0.29, 0.717) is 6.54 Å². The van der Waals surface area contributed by atoms with Gasteiger partial charge in [-0.15, -0.1) is 12.4 Å². The summed E-state index contributed by atoms with van der Waals surface area (Å²) in [6.07, 6.45) is 1.39. The average molecular weight is 188 g/mol. The second-order valence-electron chi connectivity index (χ2n) is 2.37. The second kappa shape index (κ2) is 5.69. The lowest BCUT2D eigenvalue weighted by Crippen LogP contribution is -2.36. The largest absolute Gasteiger partial charge is 0.345 e. The van der Waals surface area contributed by atoms with Gasteiger partial charge in [-0.2, -0.15) is 8.78 Å². The Morgan fingerprint density at radius 3 is 2.64 bits per heavy atom. The molecule has 1 rings (SSSR count). The number of piperidine rings is 1. The smallest absolute Gasteiger partial charge is 0.318 e. The molecule has 0 spiro atoms. The zero-order valence-electron chi connectivity index (χ0n) is 6.06. The molecule has 1 fully saturated rings. The predicted octanol–water partition coefficient (Wildman–Crippen LogP) is 1.40. The van der Waals surface area contributed by atoms with Crippen LogP contribution in [0.2, 0.25) is 0 Å². The Hall–Kier alpha value is 0.0700.